The van der Waals surface area contributed by atoms with Gasteiger partial charge in [0.25, 0.3) is 5.91 Å². The largest absolute Gasteiger partial charge is 0.496 e. The summed E-state index contributed by atoms with van der Waals surface area (Å²) >= 11 is 0. The van der Waals surface area contributed by atoms with Crippen LogP contribution in [0.15, 0.2) is 60.9 Å². The lowest BCUT2D eigenvalue weighted by atomic mass is 10.00. The molecule has 0 bridgehead atoms. The fourth-order valence-corrected chi connectivity index (χ4v) is 4.50. The zero-order chi connectivity index (χ0) is 25.7. The van der Waals surface area contributed by atoms with E-state index in [-0.39, 0.29) is 11.5 Å². The molecule has 2 aromatic carbocycles. The molecule has 6 nitrogen and oxygen atoms in total. The Labute approximate surface area is 211 Å². The van der Waals surface area contributed by atoms with Crippen molar-refractivity contribution >= 4 is 16.9 Å². The second kappa shape index (κ2) is 11.4. The molecule has 0 atom stereocenters. The minimum atomic E-state index is -0.518. The van der Waals surface area contributed by atoms with Crippen molar-refractivity contribution in [3.05, 3.63) is 72.3 Å². The van der Waals surface area contributed by atoms with Gasteiger partial charge in [-0.15, -0.1) is 0 Å². The number of nitrogens with zero attached hydrogens (tertiary/aromatic N) is 3. The predicted octanol–water partition coefficient (Wildman–Crippen LogP) is 5.85. The van der Waals surface area contributed by atoms with Crippen molar-refractivity contribution < 1.29 is 13.9 Å². The van der Waals surface area contributed by atoms with Gasteiger partial charge in [0.2, 0.25) is 0 Å². The van der Waals surface area contributed by atoms with Crippen molar-refractivity contribution in [2.75, 3.05) is 39.8 Å². The number of likely N-dealkylation sites (N-methyl/N-ethyl adjacent to an activating group) is 2. The van der Waals surface area contributed by atoms with Crippen LogP contribution < -0.4 is 4.74 Å². The van der Waals surface area contributed by atoms with Crippen molar-refractivity contribution in [2.45, 2.75) is 20.8 Å². The first kappa shape index (κ1) is 25.4. The SMILES string of the molecule is CCN(CC)CCN(CC)C(=O)c1cc(-c2cnc3[nH]cc(-c4ccccc4OC)c3c2)ccc1F. The molecule has 4 rings (SSSR count). The number of pyridine rings is 1. The van der Waals surface area contributed by atoms with Gasteiger partial charge >= 0.3 is 0 Å². The molecular weight excluding hydrogens is 455 g/mol. The average Bonchev–Trinajstić information content (AvgIpc) is 3.34. The van der Waals surface area contributed by atoms with Crippen LogP contribution in [0.4, 0.5) is 4.39 Å². The van der Waals surface area contributed by atoms with E-state index in [4.69, 9.17) is 4.74 Å². The number of para-hydroxylation sites is 1. The Bertz CT molecular complexity index is 1350. The lowest BCUT2D eigenvalue weighted by Gasteiger charge is -2.25. The normalized spacial score (nSPS) is 11.3. The number of benzene rings is 2. The van der Waals surface area contributed by atoms with Crippen LogP contribution in [0, 0.1) is 5.82 Å². The maximum Gasteiger partial charge on any atom is 0.256 e. The number of carbonyl (C=O) groups excluding carboxylic acids is 1. The Morgan fingerprint density at radius 2 is 1.75 bits per heavy atom. The number of fused-ring (bicyclic) bond motifs is 1. The van der Waals surface area contributed by atoms with E-state index in [2.05, 4.69) is 28.7 Å². The minimum absolute atomic E-state index is 0.0769. The minimum Gasteiger partial charge on any atom is -0.496 e. The van der Waals surface area contributed by atoms with Gasteiger partial charge < -0.3 is 19.5 Å². The van der Waals surface area contributed by atoms with Gasteiger partial charge in [-0.05, 0) is 49.8 Å². The highest BCUT2D eigenvalue weighted by Crippen LogP contribution is 2.36. The fourth-order valence-electron chi connectivity index (χ4n) is 4.50. The van der Waals surface area contributed by atoms with Crippen LogP contribution in [0.1, 0.15) is 31.1 Å². The molecule has 0 aliphatic carbocycles. The summed E-state index contributed by atoms with van der Waals surface area (Å²) in [6.45, 7) is 9.77. The van der Waals surface area contributed by atoms with E-state index in [0.29, 0.717) is 13.1 Å². The summed E-state index contributed by atoms with van der Waals surface area (Å²) in [6, 6.07) is 14.5. The van der Waals surface area contributed by atoms with Gasteiger partial charge in [-0.3, -0.25) is 4.79 Å². The zero-order valence-corrected chi connectivity index (χ0v) is 21.3. The van der Waals surface area contributed by atoms with Crippen LogP contribution in [0.3, 0.4) is 0 Å². The number of rotatable bonds is 10. The number of carbonyl (C=O) groups is 1. The van der Waals surface area contributed by atoms with E-state index >= 15 is 0 Å². The maximum atomic E-state index is 14.8. The fraction of sp³-hybridized carbons (Fsp3) is 0.310. The van der Waals surface area contributed by atoms with Crippen molar-refractivity contribution in [2.24, 2.45) is 0 Å². The van der Waals surface area contributed by atoms with Gasteiger partial charge in [-0.25, -0.2) is 9.37 Å². The number of methoxy groups -OCH3 is 1. The van der Waals surface area contributed by atoms with Gasteiger partial charge in [0.05, 0.1) is 12.7 Å². The monoisotopic (exact) mass is 488 g/mol. The highest BCUT2D eigenvalue weighted by molar-refractivity contribution is 5.98. The summed E-state index contributed by atoms with van der Waals surface area (Å²) in [7, 11) is 1.65. The highest BCUT2D eigenvalue weighted by Gasteiger charge is 2.20. The van der Waals surface area contributed by atoms with Crippen LogP contribution in [0.2, 0.25) is 0 Å². The van der Waals surface area contributed by atoms with Gasteiger partial charge in [0.15, 0.2) is 0 Å². The smallest absolute Gasteiger partial charge is 0.256 e. The van der Waals surface area contributed by atoms with Gasteiger partial charge in [0, 0.05) is 54.1 Å². The van der Waals surface area contributed by atoms with E-state index in [0.717, 1.165) is 58.7 Å². The van der Waals surface area contributed by atoms with E-state index in [1.165, 1.54) is 6.07 Å². The number of hydrogen-bond donors (Lipinski definition) is 1. The summed E-state index contributed by atoms with van der Waals surface area (Å²) < 4.78 is 20.4. The van der Waals surface area contributed by atoms with Crippen molar-refractivity contribution in [3.8, 4) is 28.0 Å². The number of nitrogens with one attached hydrogen (secondary N) is 1. The standard InChI is InChI=1S/C29H33FN4O2/c1-5-33(6-2)14-15-34(7-3)29(35)24-16-20(12-13-26(24)30)21-17-23-25(19-32-28(23)31-18-21)22-10-8-9-11-27(22)36-4/h8-13,16-19H,5-7,14-15H2,1-4H3,(H,31,32). The van der Waals surface area contributed by atoms with Crippen molar-refractivity contribution in [1.29, 1.82) is 0 Å². The molecule has 0 saturated carbocycles. The third kappa shape index (κ3) is 5.11. The van der Waals surface area contributed by atoms with E-state index in [1.807, 2.05) is 43.5 Å². The van der Waals surface area contributed by atoms with E-state index in [1.54, 1.807) is 30.3 Å². The molecule has 36 heavy (non-hydrogen) atoms. The molecule has 2 aromatic heterocycles. The average molecular weight is 489 g/mol. The number of ether oxygens (including phenoxy) is 1. The highest BCUT2D eigenvalue weighted by atomic mass is 19.1. The molecule has 0 fully saturated rings. The number of H-pyrrole nitrogens is 1. The number of aromatic amines is 1. The molecule has 0 unspecified atom stereocenters. The Hall–Kier alpha value is -3.71. The van der Waals surface area contributed by atoms with E-state index in [9.17, 15) is 9.18 Å². The second-order valence-electron chi connectivity index (χ2n) is 8.63. The zero-order valence-electron chi connectivity index (χ0n) is 21.3. The summed E-state index contributed by atoms with van der Waals surface area (Å²) in [5.74, 6) is -0.0485. The topological polar surface area (TPSA) is 61.5 Å². The van der Waals surface area contributed by atoms with Crippen LogP contribution in [-0.2, 0) is 0 Å². The lowest BCUT2D eigenvalue weighted by molar-refractivity contribution is 0.0742. The molecule has 1 amide bonds. The van der Waals surface area contributed by atoms with Gasteiger partial charge in [-0.2, -0.15) is 0 Å². The second-order valence-corrected chi connectivity index (χ2v) is 8.63. The molecule has 4 aromatic rings. The first-order valence-electron chi connectivity index (χ1n) is 12.4. The van der Waals surface area contributed by atoms with Crippen molar-refractivity contribution in [3.63, 3.8) is 0 Å². The Morgan fingerprint density at radius 3 is 2.47 bits per heavy atom. The van der Waals surface area contributed by atoms with Crippen LogP contribution >= 0.6 is 0 Å². The molecule has 1 N–H and O–H groups in total. The lowest BCUT2D eigenvalue weighted by Crippen LogP contribution is -2.38. The third-order valence-electron chi connectivity index (χ3n) is 6.71. The number of hydrogen-bond acceptors (Lipinski definition) is 4. The number of halogens is 1. The quantitative estimate of drug-likeness (QED) is 0.304. The maximum absolute atomic E-state index is 14.8. The van der Waals surface area contributed by atoms with Crippen LogP contribution in [0.5, 0.6) is 5.75 Å². The van der Waals surface area contributed by atoms with Gasteiger partial charge in [-0.1, -0.05) is 38.1 Å². The molecule has 0 radical (unpaired) electrons. The first-order valence-corrected chi connectivity index (χ1v) is 12.4. The molecule has 0 spiro atoms. The summed E-state index contributed by atoms with van der Waals surface area (Å²) in [5, 5.41) is 0.920. The number of amides is 1. The molecular formula is C29H33FN4O2. The molecule has 0 aliphatic heterocycles. The Morgan fingerprint density at radius 1 is 0.972 bits per heavy atom. The van der Waals surface area contributed by atoms with Gasteiger partial charge in [0.1, 0.15) is 17.2 Å². The molecule has 0 aliphatic rings. The molecule has 2 heterocycles. The number of aromatic nitrogens is 2. The summed E-state index contributed by atoms with van der Waals surface area (Å²) in [5.41, 5.74) is 4.27. The molecule has 0 saturated heterocycles. The van der Waals surface area contributed by atoms with E-state index < -0.39 is 5.82 Å². The van der Waals surface area contributed by atoms with Crippen LogP contribution in [-0.4, -0.2) is 65.5 Å². The van der Waals surface area contributed by atoms with Crippen molar-refractivity contribution in [1.82, 2.24) is 19.8 Å². The molecule has 7 heteroatoms. The molecule has 188 valence electrons. The summed E-state index contributed by atoms with van der Waals surface area (Å²) in [4.78, 5) is 25.0. The van der Waals surface area contributed by atoms with Crippen LogP contribution in [0.25, 0.3) is 33.3 Å². The first-order chi connectivity index (χ1) is 17.5. The predicted molar refractivity (Wildman–Crippen MR) is 143 cm³/mol. The Kier molecular flexibility index (Phi) is 8.00. The summed E-state index contributed by atoms with van der Waals surface area (Å²) in [6.07, 6.45) is 3.65. The third-order valence-corrected chi connectivity index (χ3v) is 6.71. The Balaban J connectivity index is 1.68.